The molecule has 2 amide bonds. The number of anilines is 2. The number of nitrogens with zero attached hydrogens (tertiary/aromatic N) is 3. The first kappa shape index (κ1) is 20.4. The highest BCUT2D eigenvalue weighted by molar-refractivity contribution is 5.92. The van der Waals surface area contributed by atoms with Crippen LogP contribution in [0.2, 0.25) is 0 Å². The predicted molar refractivity (Wildman–Crippen MR) is 110 cm³/mol. The number of hydrogen-bond donors (Lipinski definition) is 1. The molecule has 8 nitrogen and oxygen atoms in total. The molecule has 1 saturated heterocycles. The zero-order valence-corrected chi connectivity index (χ0v) is 16.8. The van der Waals surface area contributed by atoms with E-state index < -0.39 is 0 Å². The van der Waals surface area contributed by atoms with Crippen molar-refractivity contribution in [3.05, 3.63) is 48.3 Å². The maximum atomic E-state index is 12.7. The standard InChI is InChI=1S/C21H26N4O4/c1-3-28-19-8-6-5-7-17(19)23-16-9-10-18(22-15-16)20(26)24-11-13-25(14-12-24)21(27)29-4-2/h5-10,15,23H,3-4,11-14H2,1-2H3. The molecule has 8 heteroatoms. The number of carbonyl (C=O) groups is 2. The molecule has 29 heavy (non-hydrogen) atoms. The van der Waals surface area contributed by atoms with Gasteiger partial charge in [-0.05, 0) is 38.1 Å². The third-order valence-corrected chi connectivity index (χ3v) is 4.54. The monoisotopic (exact) mass is 398 g/mol. The van der Waals surface area contributed by atoms with Gasteiger partial charge in [0.2, 0.25) is 0 Å². The predicted octanol–water partition coefficient (Wildman–Crippen LogP) is 3.14. The molecule has 1 aliphatic heterocycles. The van der Waals surface area contributed by atoms with Crippen molar-refractivity contribution in [1.29, 1.82) is 0 Å². The molecule has 1 aromatic heterocycles. The summed E-state index contributed by atoms with van der Waals surface area (Å²) in [5, 5.41) is 3.26. The number of benzene rings is 1. The minimum absolute atomic E-state index is 0.144. The summed E-state index contributed by atoms with van der Waals surface area (Å²) in [5.41, 5.74) is 1.98. The van der Waals surface area contributed by atoms with E-state index in [9.17, 15) is 9.59 Å². The van der Waals surface area contributed by atoms with Crippen LogP contribution in [-0.4, -0.2) is 66.2 Å². The molecule has 0 saturated carbocycles. The number of nitrogens with one attached hydrogen (secondary N) is 1. The van der Waals surface area contributed by atoms with E-state index in [1.165, 1.54) is 0 Å². The van der Waals surface area contributed by atoms with E-state index in [4.69, 9.17) is 9.47 Å². The summed E-state index contributed by atoms with van der Waals surface area (Å²) in [4.78, 5) is 32.1. The molecule has 1 fully saturated rings. The fraction of sp³-hybridized carbons (Fsp3) is 0.381. The average Bonchev–Trinajstić information content (AvgIpc) is 2.76. The fourth-order valence-corrected chi connectivity index (χ4v) is 3.07. The second-order valence-electron chi connectivity index (χ2n) is 6.46. The van der Waals surface area contributed by atoms with Crippen molar-refractivity contribution in [1.82, 2.24) is 14.8 Å². The molecule has 3 rings (SSSR count). The second kappa shape index (κ2) is 9.77. The van der Waals surface area contributed by atoms with Crippen LogP contribution in [0.3, 0.4) is 0 Å². The highest BCUT2D eigenvalue weighted by atomic mass is 16.6. The van der Waals surface area contributed by atoms with Gasteiger partial charge in [-0.1, -0.05) is 12.1 Å². The normalized spacial score (nSPS) is 13.7. The van der Waals surface area contributed by atoms with Gasteiger partial charge >= 0.3 is 6.09 Å². The summed E-state index contributed by atoms with van der Waals surface area (Å²) in [6.07, 6.45) is 1.30. The van der Waals surface area contributed by atoms with Gasteiger partial charge in [0.25, 0.3) is 5.91 Å². The highest BCUT2D eigenvalue weighted by Gasteiger charge is 2.26. The van der Waals surface area contributed by atoms with E-state index in [-0.39, 0.29) is 12.0 Å². The van der Waals surface area contributed by atoms with Crippen LogP contribution >= 0.6 is 0 Å². The van der Waals surface area contributed by atoms with Crippen molar-refractivity contribution in [3.8, 4) is 5.75 Å². The lowest BCUT2D eigenvalue weighted by atomic mass is 10.2. The molecule has 154 valence electrons. The van der Waals surface area contributed by atoms with Gasteiger partial charge in [0.1, 0.15) is 11.4 Å². The number of para-hydroxylation sites is 2. The van der Waals surface area contributed by atoms with Crippen LogP contribution in [0, 0.1) is 0 Å². The first-order chi connectivity index (χ1) is 14.1. The number of piperazine rings is 1. The van der Waals surface area contributed by atoms with Gasteiger partial charge in [0.05, 0.1) is 30.8 Å². The van der Waals surface area contributed by atoms with E-state index in [1.54, 1.807) is 29.0 Å². The van der Waals surface area contributed by atoms with Crippen LogP contribution in [0.1, 0.15) is 24.3 Å². The summed E-state index contributed by atoms with van der Waals surface area (Å²) in [6, 6.07) is 11.2. The Bertz CT molecular complexity index is 833. The van der Waals surface area contributed by atoms with Crippen LogP contribution < -0.4 is 10.1 Å². The molecule has 1 aromatic carbocycles. The maximum absolute atomic E-state index is 12.7. The topological polar surface area (TPSA) is 84.0 Å². The molecule has 0 bridgehead atoms. The summed E-state index contributed by atoms with van der Waals surface area (Å²) >= 11 is 0. The fourth-order valence-electron chi connectivity index (χ4n) is 3.07. The van der Waals surface area contributed by atoms with Gasteiger partial charge in [-0.15, -0.1) is 0 Å². The third kappa shape index (κ3) is 5.16. The summed E-state index contributed by atoms with van der Waals surface area (Å²) < 4.78 is 10.6. The molecule has 0 aliphatic carbocycles. The molecule has 0 atom stereocenters. The van der Waals surface area contributed by atoms with Crippen LogP contribution in [0.4, 0.5) is 16.2 Å². The van der Waals surface area contributed by atoms with Crippen molar-refractivity contribution in [3.63, 3.8) is 0 Å². The minimum atomic E-state index is -0.333. The summed E-state index contributed by atoms with van der Waals surface area (Å²) in [6.45, 7) is 6.46. The number of pyridine rings is 1. The first-order valence-electron chi connectivity index (χ1n) is 9.78. The Balaban J connectivity index is 1.59. The summed E-state index contributed by atoms with van der Waals surface area (Å²) in [7, 11) is 0. The highest BCUT2D eigenvalue weighted by Crippen LogP contribution is 2.27. The number of amides is 2. The van der Waals surface area contributed by atoms with Crippen molar-refractivity contribution < 1.29 is 19.1 Å². The average molecular weight is 398 g/mol. The van der Waals surface area contributed by atoms with E-state index in [0.717, 1.165) is 17.1 Å². The Morgan fingerprint density at radius 3 is 2.38 bits per heavy atom. The van der Waals surface area contributed by atoms with E-state index in [1.807, 2.05) is 37.3 Å². The van der Waals surface area contributed by atoms with E-state index in [2.05, 4.69) is 10.3 Å². The van der Waals surface area contributed by atoms with Gasteiger partial charge in [0.15, 0.2) is 0 Å². The smallest absolute Gasteiger partial charge is 0.409 e. The molecule has 2 aromatic rings. The van der Waals surface area contributed by atoms with Crippen LogP contribution in [0.15, 0.2) is 42.6 Å². The third-order valence-electron chi connectivity index (χ3n) is 4.54. The van der Waals surface area contributed by atoms with Crippen LogP contribution in [0.25, 0.3) is 0 Å². The van der Waals surface area contributed by atoms with E-state index in [0.29, 0.717) is 45.1 Å². The SMILES string of the molecule is CCOC(=O)N1CCN(C(=O)c2ccc(Nc3ccccc3OCC)cn2)CC1. The molecular weight excluding hydrogens is 372 g/mol. The molecule has 0 unspecified atom stereocenters. The van der Waals surface area contributed by atoms with Crippen molar-refractivity contribution in [2.45, 2.75) is 13.8 Å². The second-order valence-corrected chi connectivity index (χ2v) is 6.46. The number of rotatable bonds is 6. The molecule has 2 heterocycles. The molecule has 0 radical (unpaired) electrons. The number of aromatic nitrogens is 1. The van der Waals surface area contributed by atoms with Crippen molar-refractivity contribution in [2.24, 2.45) is 0 Å². The Labute approximate surface area is 170 Å². The maximum Gasteiger partial charge on any atom is 0.409 e. The number of carbonyl (C=O) groups excluding carboxylic acids is 2. The van der Waals surface area contributed by atoms with Gasteiger partial charge in [-0.25, -0.2) is 9.78 Å². The van der Waals surface area contributed by atoms with Crippen LogP contribution in [-0.2, 0) is 4.74 Å². The quantitative estimate of drug-likeness (QED) is 0.805. The van der Waals surface area contributed by atoms with Gasteiger partial charge < -0.3 is 24.6 Å². The van der Waals surface area contributed by atoms with Crippen molar-refractivity contribution >= 4 is 23.4 Å². The van der Waals surface area contributed by atoms with Crippen LogP contribution in [0.5, 0.6) is 5.75 Å². The molecule has 0 spiro atoms. The first-order valence-corrected chi connectivity index (χ1v) is 9.78. The molecular formula is C21H26N4O4. The lowest BCUT2D eigenvalue weighted by Crippen LogP contribution is -2.50. The largest absolute Gasteiger partial charge is 0.492 e. The minimum Gasteiger partial charge on any atom is -0.492 e. The Hall–Kier alpha value is -3.29. The molecule has 1 aliphatic rings. The number of hydrogen-bond acceptors (Lipinski definition) is 6. The lowest BCUT2D eigenvalue weighted by Gasteiger charge is -2.33. The Morgan fingerprint density at radius 2 is 1.72 bits per heavy atom. The zero-order chi connectivity index (χ0) is 20.6. The number of ether oxygens (including phenoxy) is 2. The Kier molecular flexibility index (Phi) is 6.89. The van der Waals surface area contributed by atoms with Gasteiger partial charge in [0, 0.05) is 26.2 Å². The zero-order valence-electron chi connectivity index (χ0n) is 16.8. The van der Waals surface area contributed by atoms with Gasteiger partial charge in [-0.2, -0.15) is 0 Å². The molecule has 1 N–H and O–H groups in total. The van der Waals surface area contributed by atoms with E-state index >= 15 is 0 Å². The Morgan fingerprint density at radius 1 is 1.00 bits per heavy atom. The van der Waals surface area contributed by atoms with Gasteiger partial charge in [-0.3, -0.25) is 4.79 Å². The lowest BCUT2D eigenvalue weighted by molar-refractivity contribution is 0.0566. The van der Waals surface area contributed by atoms with Crippen molar-refractivity contribution in [2.75, 3.05) is 44.7 Å². The summed E-state index contributed by atoms with van der Waals surface area (Å²) in [5.74, 6) is 0.615.